The Morgan fingerprint density at radius 1 is 0.471 bits per heavy atom. The molecule has 2 N–H and O–H groups in total. The van der Waals surface area contributed by atoms with Gasteiger partial charge in [-0.05, 0) is 60.7 Å². The Morgan fingerprint density at radius 3 is 1.38 bits per heavy atom. The van der Waals surface area contributed by atoms with Crippen molar-refractivity contribution in [3.05, 3.63) is 115 Å². The first-order valence-corrected chi connectivity index (χ1v) is 10.6. The Kier molecular flexibility index (Phi) is 7.05. The van der Waals surface area contributed by atoms with E-state index in [4.69, 9.17) is 9.97 Å². The van der Waals surface area contributed by atoms with Gasteiger partial charge >= 0.3 is 0 Å². The van der Waals surface area contributed by atoms with E-state index in [0.717, 1.165) is 5.69 Å². The van der Waals surface area contributed by atoms with Crippen LogP contribution in [-0.2, 0) is 21.1 Å². The number of hydrogen-bond donors (Lipinski definition) is 2. The van der Waals surface area contributed by atoms with Gasteiger partial charge in [0.15, 0.2) is 0 Å². The van der Waals surface area contributed by atoms with Gasteiger partial charge in [-0.1, -0.05) is 54.6 Å². The Hall–Kier alpha value is -3.95. The van der Waals surface area contributed by atoms with E-state index in [1.54, 1.807) is 24.3 Å². The summed E-state index contributed by atoms with van der Waals surface area (Å²) in [4.78, 5) is 11.7. The molecular weight excluding hydrogens is 605 g/mol. The van der Waals surface area contributed by atoms with E-state index in [2.05, 4.69) is 0 Å². The first-order valence-electron chi connectivity index (χ1n) is 10.6. The zero-order valence-electron chi connectivity index (χ0n) is 18.0. The summed E-state index contributed by atoms with van der Waals surface area (Å²) in [6.07, 6.45) is 0. The summed E-state index contributed by atoms with van der Waals surface area (Å²) in [5, 5.41) is 20.7. The molecule has 0 unspecified atom stereocenters. The maximum absolute atomic E-state index is 10.3. The van der Waals surface area contributed by atoms with E-state index < -0.39 is 0 Å². The molecule has 34 heavy (non-hydrogen) atoms. The smallest absolute Gasteiger partial charge is 0.139 e. The minimum Gasteiger partial charge on any atom is -0.507 e. The summed E-state index contributed by atoms with van der Waals surface area (Å²) in [6, 6.07) is 35.5. The number of nitrogens with zero attached hydrogens (tertiary/aromatic N) is 3. The van der Waals surface area contributed by atoms with Crippen LogP contribution in [0.4, 0.5) is 17.3 Å². The number of phenols is 2. The molecule has 0 saturated heterocycles. The monoisotopic (exact) mass is 626 g/mol. The third-order valence-electron chi connectivity index (χ3n) is 5.30. The summed E-state index contributed by atoms with van der Waals surface area (Å²) >= 11 is 0. The minimum absolute atomic E-state index is 0. The van der Waals surface area contributed by atoms with E-state index in [0.29, 0.717) is 34.2 Å². The maximum atomic E-state index is 10.3. The standard InChI is InChI=1S/C28H21N3O2.Pt/c32-25-16-6-4-12-21(25)23-14-8-18-27(29-23)31(20-10-2-1-3-11-20)28-19-9-15-24(30-28)22-13-5-7-17-26(22)33;/h1-19,32-33H;. The zero-order valence-corrected chi connectivity index (χ0v) is 20.3. The molecule has 0 atom stereocenters. The van der Waals surface area contributed by atoms with Gasteiger partial charge in [-0.15, -0.1) is 0 Å². The van der Waals surface area contributed by atoms with Crippen molar-refractivity contribution in [3.63, 3.8) is 0 Å². The number of aromatic nitrogens is 2. The number of hydrogen-bond acceptors (Lipinski definition) is 5. The van der Waals surface area contributed by atoms with E-state index in [1.165, 1.54) is 0 Å². The van der Waals surface area contributed by atoms with Gasteiger partial charge in [-0.3, -0.25) is 4.90 Å². The second kappa shape index (κ2) is 10.3. The zero-order chi connectivity index (χ0) is 22.6. The largest absolute Gasteiger partial charge is 0.507 e. The number of pyridine rings is 2. The quantitative estimate of drug-likeness (QED) is 0.228. The Balaban J connectivity index is 0.00000274. The number of phenolic OH excluding ortho intramolecular Hbond substituents is 2. The minimum atomic E-state index is 0. The van der Waals surface area contributed by atoms with Crippen molar-refractivity contribution in [2.24, 2.45) is 0 Å². The van der Waals surface area contributed by atoms with Crippen LogP contribution < -0.4 is 4.90 Å². The maximum Gasteiger partial charge on any atom is 0.139 e. The SMILES string of the molecule is Oc1ccccc1-c1cccc(N(c2ccccc2)c2cccc(-c3ccccc3O)n2)n1.[Pt]. The van der Waals surface area contributed by atoms with Gasteiger partial charge in [0.2, 0.25) is 0 Å². The van der Waals surface area contributed by atoms with Crippen molar-refractivity contribution in [2.75, 3.05) is 4.90 Å². The summed E-state index contributed by atoms with van der Waals surface area (Å²) in [7, 11) is 0. The van der Waals surface area contributed by atoms with Gasteiger partial charge in [0, 0.05) is 37.9 Å². The number of rotatable bonds is 5. The van der Waals surface area contributed by atoms with Crippen LogP contribution in [0.3, 0.4) is 0 Å². The van der Waals surface area contributed by atoms with E-state index in [-0.39, 0.29) is 32.6 Å². The van der Waals surface area contributed by atoms with Gasteiger partial charge < -0.3 is 10.2 Å². The number of benzene rings is 3. The molecule has 170 valence electrons. The average Bonchev–Trinajstić information content (AvgIpc) is 2.86. The molecule has 0 saturated carbocycles. The predicted octanol–water partition coefficient (Wildman–Crippen LogP) is 6.69. The Labute approximate surface area is 212 Å². The molecule has 5 rings (SSSR count). The van der Waals surface area contributed by atoms with Crippen molar-refractivity contribution < 1.29 is 31.3 Å². The number of anilines is 3. The first kappa shape index (κ1) is 23.2. The Morgan fingerprint density at radius 2 is 0.912 bits per heavy atom. The van der Waals surface area contributed by atoms with Crippen LogP contribution in [0.15, 0.2) is 115 Å². The molecule has 5 nitrogen and oxygen atoms in total. The third kappa shape index (κ3) is 4.70. The number of para-hydroxylation sites is 3. The molecule has 0 bridgehead atoms. The summed E-state index contributed by atoms with van der Waals surface area (Å²) < 4.78 is 0. The van der Waals surface area contributed by atoms with Crippen molar-refractivity contribution >= 4 is 17.3 Å². The van der Waals surface area contributed by atoms with Gasteiger partial charge in [-0.25, -0.2) is 9.97 Å². The molecule has 5 aromatic rings. The van der Waals surface area contributed by atoms with Crippen molar-refractivity contribution in [1.29, 1.82) is 0 Å². The second-order valence-electron chi connectivity index (χ2n) is 7.47. The molecule has 0 aliphatic carbocycles. The predicted molar refractivity (Wildman–Crippen MR) is 131 cm³/mol. The van der Waals surface area contributed by atoms with Gasteiger partial charge in [0.1, 0.15) is 23.1 Å². The third-order valence-corrected chi connectivity index (χ3v) is 5.30. The normalized spacial score (nSPS) is 10.4. The van der Waals surface area contributed by atoms with E-state index in [1.807, 2.05) is 95.9 Å². The van der Waals surface area contributed by atoms with Crippen LogP contribution in [0.5, 0.6) is 11.5 Å². The van der Waals surface area contributed by atoms with Crippen LogP contribution in [0.25, 0.3) is 22.5 Å². The summed E-state index contributed by atoms with van der Waals surface area (Å²) in [5.41, 5.74) is 3.51. The molecule has 0 fully saturated rings. The van der Waals surface area contributed by atoms with Gasteiger partial charge in [0.25, 0.3) is 0 Å². The van der Waals surface area contributed by atoms with E-state index >= 15 is 0 Å². The van der Waals surface area contributed by atoms with Gasteiger partial charge in [-0.2, -0.15) is 0 Å². The molecule has 6 heteroatoms. The van der Waals surface area contributed by atoms with Crippen LogP contribution >= 0.6 is 0 Å². The fraction of sp³-hybridized carbons (Fsp3) is 0. The molecule has 0 radical (unpaired) electrons. The molecule has 2 aromatic heterocycles. The molecule has 3 aromatic carbocycles. The Bertz CT molecular complexity index is 1320. The average molecular weight is 627 g/mol. The van der Waals surface area contributed by atoms with Crippen LogP contribution in [0.2, 0.25) is 0 Å². The van der Waals surface area contributed by atoms with Crippen LogP contribution in [0.1, 0.15) is 0 Å². The second-order valence-corrected chi connectivity index (χ2v) is 7.47. The van der Waals surface area contributed by atoms with E-state index in [9.17, 15) is 10.2 Å². The van der Waals surface area contributed by atoms with Crippen LogP contribution in [0, 0.1) is 0 Å². The van der Waals surface area contributed by atoms with Gasteiger partial charge in [0.05, 0.1) is 11.4 Å². The first-order chi connectivity index (χ1) is 16.2. The molecule has 0 aliphatic rings. The van der Waals surface area contributed by atoms with Crippen molar-refractivity contribution in [2.45, 2.75) is 0 Å². The molecule has 0 spiro atoms. The molecular formula is C28H21N3O2Pt. The topological polar surface area (TPSA) is 69.5 Å². The number of aromatic hydroxyl groups is 2. The molecule has 0 aliphatic heterocycles. The summed E-state index contributed by atoms with van der Waals surface area (Å²) in [6.45, 7) is 0. The van der Waals surface area contributed by atoms with Crippen molar-refractivity contribution in [3.8, 4) is 34.0 Å². The van der Waals surface area contributed by atoms with Crippen molar-refractivity contribution in [1.82, 2.24) is 9.97 Å². The van der Waals surface area contributed by atoms with Crippen LogP contribution in [-0.4, -0.2) is 20.2 Å². The fourth-order valence-corrected chi connectivity index (χ4v) is 3.74. The molecule has 2 heterocycles. The molecule has 0 amide bonds. The fourth-order valence-electron chi connectivity index (χ4n) is 3.74. The summed E-state index contributed by atoms with van der Waals surface area (Å²) in [5.74, 6) is 1.66.